The predicted molar refractivity (Wildman–Crippen MR) is 91.5 cm³/mol. The summed E-state index contributed by atoms with van der Waals surface area (Å²) in [6.45, 7) is 9.04. The van der Waals surface area contributed by atoms with Crippen LogP contribution in [-0.4, -0.2) is 31.8 Å². The molecule has 7 nitrogen and oxygen atoms in total. The molecule has 0 saturated carbocycles. The van der Waals surface area contributed by atoms with Crippen LogP contribution < -0.4 is 10.6 Å². The van der Waals surface area contributed by atoms with E-state index < -0.39 is 0 Å². The number of urea groups is 1. The molecule has 2 amide bonds. The summed E-state index contributed by atoms with van der Waals surface area (Å²) in [6.07, 6.45) is 7.26. The third-order valence-corrected chi connectivity index (χ3v) is 4.35. The van der Waals surface area contributed by atoms with Crippen molar-refractivity contribution in [3.05, 3.63) is 23.7 Å². The fourth-order valence-corrected chi connectivity index (χ4v) is 2.89. The number of imidazole rings is 1. The van der Waals surface area contributed by atoms with Crippen LogP contribution in [0.2, 0.25) is 0 Å². The molecule has 2 rings (SSSR count). The van der Waals surface area contributed by atoms with Gasteiger partial charge in [-0.15, -0.1) is 10.2 Å². The smallest absolute Gasteiger partial charge is 0.321 e. The molecule has 2 aromatic heterocycles. The van der Waals surface area contributed by atoms with Gasteiger partial charge in [-0.25, -0.2) is 9.78 Å². The molecule has 0 fully saturated rings. The number of hydrogen-bond donors (Lipinski definition) is 2. The van der Waals surface area contributed by atoms with Gasteiger partial charge in [0.05, 0.1) is 12.4 Å². The number of aromatic nitrogens is 4. The molecule has 0 saturated heterocycles. The zero-order valence-electron chi connectivity index (χ0n) is 14.0. The second-order valence-electron chi connectivity index (χ2n) is 6.53. The van der Waals surface area contributed by atoms with Crippen LogP contribution in [0.25, 0.3) is 0 Å². The topological polar surface area (TPSA) is 84.7 Å². The molecule has 2 heterocycles. The Hall–Kier alpha value is -1.96. The lowest BCUT2D eigenvalue weighted by Gasteiger charge is -2.31. The summed E-state index contributed by atoms with van der Waals surface area (Å²) in [6, 6.07) is -0.302. The second-order valence-corrected chi connectivity index (χ2v) is 7.59. The van der Waals surface area contributed by atoms with Gasteiger partial charge in [0, 0.05) is 25.4 Å². The van der Waals surface area contributed by atoms with Crippen molar-refractivity contribution < 1.29 is 4.79 Å². The summed E-state index contributed by atoms with van der Waals surface area (Å²) >= 11 is 1.42. The standard InChI is InChI=1S/C15H24N6OS/c1-5-6-12-19-20-14(23-12)18-13(22)17-11(15(2,3)4)9-21-8-7-16-10-21/h7-8,10-11H,5-6,9H2,1-4H3,(H2,17,18,20,22)/t11-/m0/s1. The molecule has 0 unspecified atom stereocenters. The van der Waals surface area contributed by atoms with E-state index in [0.29, 0.717) is 11.7 Å². The van der Waals surface area contributed by atoms with Gasteiger partial charge >= 0.3 is 6.03 Å². The van der Waals surface area contributed by atoms with Gasteiger partial charge in [-0.2, -0.15) is 0 Å². The Morgan fingerprint density at radius 1 is 1.39 bits per heavy atom. The maximum atomic E-state index is 12.3. The zero-order chi connectivity index (χ0) is 16.9. The SMILES string of the molecule is CCCc1nnc(NC(=O)N[C@@H](Cn2ccnc2)C(C)(C)C)s1. The van der Waals surface area contributed by atoms with Crippen molar-refractivity contribution in [1.82, 2.24) is 25.1 Å². The highest BCUT2D eigenvalue weighted by Crippen LogP contribution is 2.21. The molecule has 0 aromatic carbocycles. The molecule has 8 heteroatoms. The van der Waals surface area contributed by atoms with Gasteiger partial charge in [0.1, 0.15) is 5.01 Å². The largest absolute Gasteiger partial charge is 0.335 e. The lowest BCUT2D eigenvalue weighted by molar-refractivity contribution is 0.218. The number of amides is 2. The number of nitrogens with zero attached hydrogens (tertiary/aromatic N) is 4. The van der Waals surface area contributed by atoms with Crippen LogP contribution in [0, 0.1) is 5.41 Å². The maximum absolute atomic E-state index is 12.3. The average molecular weight is 336 g/mol. The Balaban J connectivity index is 1.96. The normalized spacial score (nSPS) is 12.9. The number of carbonyl (C=O) groups excluding carboxylic acids is 1. The second kappa shape index (κ2) is 7.54. The number of carbonyl (C=O) groups is 1. The predicted octanol–water partition coefficient (Wildman–Crippen LogP) is 2.92. The van der Waals surface area contributed by atoms with Crippen LogP contribution in [0.3, 0.4) is 0 Å². The average Bonchev–Trinajstić information content (AvgIpc) is 3.09. The van der Waals surface area contributed by atoms with E-state index >= 15 is 0 Å². The van der Waals surface area contributed by atoms with E-state index in [9.17, 15) is 4.79 Å². The van der Waals surface area contributed by atoms with E-state index in [-0.39, 0.29) is 17.5 Å². The van der Waals surface area contributed by atoms with E-state index in [4.69, 9.17) is 0 Å². The van der Waals surface area contributed by atoms with Gasteiger partial charge in [-0.05, 0) is 11.8 Å². The Kier molecular flexibility index (Phi) is 5.70. The van der Waals surface area contributed by atoms with E-state index in [1.54, 1.807) is 12.5 Å². The number of rotatable bonds is 6. The summed E-state index contributed by atoms with van der Waals surface area (Å²) in [5, 5.41) is 15.3. The third kappa shape index (κ3) is 5.31. The molecular weight excluding hydrogens is 312 g/mol. The van der Waals surface area contributed by atoms with Crippen molar-refractivity contribution >= 4 is 22.5 Å². The minimum absolute atomic E-state index is 0.0419. The van der Waals surface area contributed by atoms with Crippen LogP contribution in [0.1, 0.15) is 39.1 Å². The molecule has 1 atom stereocenters. The molecule has 2 aromatic rings. The van der Waals surface area contributed by atoms with E-state index in [1.165, 1.54) is 11.3 Å². The summed E-state index contributed by atoms with van der Waals surface area (Å²) in [4.78, 5) is 16.3. The molecule has 0 aliphatic rings. The van der Waals surface area contributed by atoms with Crippen LogP contribution in [-0.2, 0) is 13.0 Å². The first-order chi connectivity index (χ1) is 10.9. The molecule has 2 N–H and O–H groups in total. The highest BCUT2D eigenvalue weighted by molar-refractivity contribution is 7.15. The van der Waals surface area contributed by atoms with Crippen LogP contribution in [0.4, 0.5) is 9.93 Å². The molecular formula is C15H24N6OS. The van der Waals surface area contributed by atoms with E-state index in [1.807, 2.05) is 10.8 Å². The van der Waals surface area contributed by atoms with Crippen LogP contribution in [0.5, 0.6) is 0 Å². The van der Waals surface area contributed by atoms with Crippen molar-refractivity contribution in [3.63, 3.8) is 0 Å². The van der Waals surface area contributed by atoms with Crippen LogP contribution in [0.15, 0.2) is 18.7 Å². The first kappa shape index (κ1) is 17.4. The quantitative estimate of drug-likeness (QED) is 0.849. The highest BCUT2D eigenvalue weighted by atomic mass is 32.1. The molecule has 0 aliphatic carbocycles. The van der Waals surface area contributed by atoms with Gasteiger partial charge < -0.3 is 9.88 Å². The molecule has 0 radical (unpaired) electrons. The highest BCUT2D eigenvalue weighted by Gasteiger charge is 2.27. The number of hydrogen-bond acceptors (Lipinski definition) is 5. The monoisotopic (exact) mass is 336 g/mol. The Labute approximate surface area is 140 Å². The van der Waals surface area contributed by atoms with Crippen molar-refractivity contribution in [2.75, 3.05) is 5.32 Å². The van der Waals surface area contributed by atoms with Crippen molar-refractivity contribution in [2.24, 2.45) is 5.41 Å². The van der Waals surface area contributed by atoms with Gasteiger partial charge in [0.15, 0.2) is 0 Å². The fraction of sp³-hybridized carbons (Fsp3) is 0.600. The van der Waals surface area contributed by atoms with Crippen molar-refractivity contribution in [2.45, 2.75) is 53.1 Å². The molecule has 23 heavy (non-hydrogen) atoms. The van der Waals surface area contributed by atoms with Gasteiger partial charge in [0.2, 0.25) is 5.13 Å². The maximum Gasteiger partial charge on any atom is 0.321 e. The van der Waals surface area contributed by atoms with Gasteiger partial charge in [0.25, 0.3) is 0 Å². The molecule has 126 valence electrons. The Morgan fingerprint density at radius 3 is 2.78 bits per heavy atom. The number of aryl methyl sites for hydroxylation is 1. The molecule has 0 spiro atoms. The Bertz CT molecular complexity index is 616. The lowest BCUT2D eigenvalue weighted by Crippen LogP contribution is -2.47. The van der Waals surface area contributed by atoms with Crippen molar-refractivity contribution in [3.8, 4) is 0 Å². The number of anilines is 1. The van der Waals surface area contributed by atoms with Crippen molar-refractivity contribution in [1.29, 1.82) is 0 Å². The first-order valence-corrected chi connectivity index (χ1v) is 8.55. The molecule has 0 bridgehead atoms. The zero-order valence-corrected chi connectivity index (χ0v) is 14.9. The summed E-state index contributed by atoms with van der Waals surface area (Å²) < 4.78 is 1.96. The van der Waals surface area contributed by atoms with E-state index in [2.05, 4.69) is 53.5 Å². The third-order valence-electron chi connectivity index (χ3n) is 3.45. The minimum Gasteiger partial charge on any atom is -0.335 e. The summed E-state index contributed by atoms with van der Waals surface area (Å²) in [5.41, 5.74) is -0.0872. The summed E-state index contributed by atoms with van der Waals surface area (Å²) in [7, 11) is 0. The van der Waals surface area contributed by atoms with E-state index in [0.717, 1.165) is 17.8 Å². The van der Waals surface area contributed by atoms with Crippen LogP contribution >= 0.6 is 11.3 Å². The Morgan fingerprint density at radius 2 is 2.17 bits per heavy atom. The molecule has 0 aliphatic heterocycles. The summed E-state index contributed by atoms with van der Waals surface area (Å²) in [5.74, 6) is 0. The lowest BCUT2D eigenvalue weighted by atomic mass is 9.86. The minimum atomic E-state index is -0.260. The number of nitrogens with one attached hydrogen (secondary N) is 2. The van der Waals surface area contributed by atoms with Gasteiger partial charge in [-0.1, -0.05) is 39.0 Å². The fourth-order valence-electron chi connectivity index (χ4n) is 2.05. The first-order valence-electron chi connectivity index (χ1n) is 7.74. The van der Waals surface area contributed by atoms with Gasteiger partial charge in [-0.3, -0.25) is 5.32 Å².